The second-order valence-electron chi connectivity index (χ2n) is 7.12. The molecule has 1 aromatic carbocycles. The molecule has 1 aliphatic rings. The molecule has 0 radical (unpaired) electrons. The number of imidazole rings is 1. The van der Waals surface area contributed by atoms with Crippen molar-refractivity contribution in [2.45, 2.75) is 18.8 Å². The number of rotatable bonds is 4. The smallest absolute Gasteiger partial charge is 0.224 e. The SMILES string of the molecule is COc1cc(C2CCN(S(C)(=O)=O)CC2)ccc1-n1cnc2c(N)nc(N)nc21. The normalized spacial score (nSPS) is 16.3. The van der Waals surface area contributed by atoms with E-state index in [9.17, 15) is 8.42 Å². The van der Waals surface area contributed by atoms with Gasteiger partial charge < -0.3 is 16.2 Å². The molecule has 1 fully saturated rings. The number of methoxy groups -OCH3 is 1. The molecule has 1 saturated heterocycles. The number of hydrogen-bond donors (Lipinski definition) is 2. The summed E-state index contributed by atoms with van der Waals surface area (Å²) in [6.07, 6.45) is 4.40. The monoisotopic (exact) mass is 417 g/mol. The van der Waals surface area contributed by atoms with Crippen molar-refractivity contribution in [3.05, 3.63) is 30.1 Å². The Bertz CT molecular complexity index is 1170. The summed E-state index contributed by atoms with van der Waals surface area (Å²) in [5.41, 5.74) is 14.5. The molecule has 11 heteroatoms. The second-order valence-corrected chi connectivity index (χ2v) is 9.10. The number of nitrogens with two attached hydrogens (primary N) is 2. The Hall–Kier alpha value is -2.92. The molecule has 0 atom stereocenters. The van der Waals surface area contributed by atoms with Crippen molar-refractivity contribution < 1.29 is 13.2 Å². The van der Waals surface area contributed by atoms with Gasteiger partial charge in [-0.05, 0) is 36.5 Å². The maximum absolute atomic E-state index is 11.7. The average molecular weight is 417 g/mol. The van der Waals surface area contributed by atoms with Gasteiger partial charge in [-0.1, -0.05) is 6.07 Å². The largest absolute Gasteiger partial charge is 0.495 e. The van der Waals surface area contributed by atoms with Crippen molar-refractivity contribution in [2.24, 2.45) is 0 Å². The third kappa shape index (κ3) is 3.58. The molecule has 0 spiro atoms. The Kier molecular flexibility index (Phi) is 4.79. The fourth-order valence-corrected chi connectivity index (χ4v) is 4.66. The molecule has 10 nitrogen and oxygen atoms in total. The predicted molar refractivity (Wildman–Crippen MR) is 110 cm³/mol. The summed E-state index contributed by atoms with van der Waals surface area (Å²) in [5, 5.41) is 0. The highest BCUT2D eigenvalue weighted by molar-refractivity contribution is 7.88. The summed E-state index contributed by atoms with van der Waals surface area (Å²) in [6, 6.07) is 5.95. The van der Waals surface area contributed by atoms with Crippen LogP contribution in [-0.2, 0) is 10.0 Å². The van der Waals surface area contributed by atoms with Crippen LogP contribution in [0.25, 0.3) is 16.9 Å². The van der Waals surface area contributed by atoms with Crippen LogP contribution in [0, 0.1) is 0 Å². The van der Waals surface area contributed by atoms with Crippen LogP contribution in [0.4, 0.5) is 11.8 Å². The van der Waals surface area contributed by atoms with Gasteiger partial charge in [0, 0.05) is 13.1 Å². The first-order valence-corrected chi connectivity index (χ1v) is 11.0. The lowest BCUT2D eigenvalue weighted by Crippen LogP contribution is -2.37. The second kappa shape index (κ2) is 7.16. The number of benzene rings is 1. The Morgan fingerprint density at radius 2 is 1.90 bits per heavy atom. The summed E-state index contributed by atoms with van der Waals surface area (Å²) in [4.78, 5) is 12.5. The Balaban J connectivity index is 1.67. The molecule has 0 amide bonds. The van der Waals surface area contributed by atoms with Gasteiger partial charge in [-0.2, -0.15) is 9.97 Å². The standard InChI is InChI=1S/C18H23N7O3S/c1-28-14-9-12(11-5-7-24(8-6-11)29(2,26)27)3-4-13(14)25-10-21-15-16(19)22-18(20)23-17(15)25/h3-4,9-11H,5-8H2,1-2H3,(H4,19,20,22,23). The number of fused-ring (bicyclic) bond motifs is 1. The average Bonchev–Trinajstić information content (AvgIpc) is 3.11. The van der Waals surface area contributed by atoms with E-state index in [0.29, 0.717) is 30.0 Å². The van der Waals surface area contributed by atoms with Crippen LogP contribution in [0.3, 0.4) is 0 Å². The molecule has 29 heavy (non-hydrogen) atoms. The van der Waals surface area contributed by atoms with Crippen molar-refractivity contribution in [1.82, 2.24) is 23.8 Å². The van der Waals surface area contributed by atoms with Gasteiger partial charge in [0.05, 0.1) is 19.1 Å². The van der Waals surface area contributed by atoms with Crippen molar-refractivity contribution in [1.29, 1.82) is 0 Å². The number of aromatic nitrogens is 4. The van der Waals surface area contributed by atoms with E-state index in [0.717, 1.165) is 24.1 Å². The van der Waals surface area contributed by atoms with Crippen molar-refractivity contribution >= 4 is 33.0 Å². The van der Waals surface area contributed by atoms with Crippen LogP contribution >= 0.6 is 0 Å². The molecule has 3 heterocycles. The van der Waals surface area contributed by atoms with Gasteiger partial charge >= 0.3 is 0 Å². The zero-order valence-electron chi connectivity index (χ0n) is 16.2. The van der Waals surface area contributed by atoms with E-state index in [1.54, 1.807) is 18.0 Å². The lowest BCUT2D eigenvalue weighted by atomic mass is 9.90. The lowest BCUT2D eigenvalue weighted by Gasteiger charge is -2.30. The van der Waals surface area contributed by atoms with Gasteiger partial charge in [-0.25, -0.2) is 17.7 Å². The maximum Gasteiger partial charge on any atom is 0.224 e. The van der Waals surface area contributed by atoms with Crippen LogP contribution in [0.1, 0.15) is 24.3 Å². The van der Waals surface area contributed by atoms with Crippen molar-refractivity contribution in [3.8, 4) is 11.4 Å². The molecular formula is C18H23N7O3S. The maximum atomic E-state index is 11.7. The van der Waals surface area contributed by atoms with Gasteiger partial charge in [-0.3, -0.25) is 4.57 Å². The number of sulfonamides is 1. The summed E-state index contributed by atoms with van der Waals surface area (Å²) in [6.45, 7) is 1.05. The Morgan fingerprint density at radius 1 is 1.17 bits per heavy atom. The number of piperidine rings is 1. The van der Waals surface area contributed by atoms with Gasteiger partial charge in [0.15, 0.2) is 17.0 Å². The van der Waals surface area contributed by atoms with Gasteiger partial charge in [-0.15, -0.1) is 0 Å². The molecule has 4 N–H and O–H groups in total. The number of nitrogen functional groups attached to an aromatic ring is 2. The third-order valence-electron chi connectivity index (χ3n) is 5.30. The van der Waals surface area contributed by atoms with E-state index in [-0.39, 0.29) is 17.7 Å². The number of hydrogen-bond acceptors (Lipinski definition) is 8. The summed E-state index contributed by atoms with van der Waals surface area (Å²) >= 11 is 0. The minimum atomic E-state index is -3.14. The summed E-state index contributed by atoms with van der Waals surface area (Å²) in [7, 11) is -1.54. The first-order valence-electron chi connectivity index (χ1n) is 9.17. The van der Waals surface area contributed by atoms with Gasteiger partial charge in [0.25, 0.3) is 0 Å². The first-order chi connectivity index (χ1) is 13.8. The van der Waals surface area contributed by atoms with Crippen LogP contribution in [0.2, 0.25) is 0 Å². The van der Waals surface area contributed by atoms with E-state index in [1.807, 2.05) is 18.2 Å². The molecule has 154 valence electrons. The number of anilines is 2. The molecule has 0 aliphatic carbocycles. The van der Waals surface area contributed by atoms with Crippen LogP contribution in [-0.4, -0.2) is 58.7 Å². The summed E-state index contributed by atoms with van der Waals surface area (Å²) < 4.78 is 32.4. The number of nitrogens with zero attached hydrogens (tertiary/aromatic N) is 5. The quantitative estimate of drug-likeness (QED) is 0.643. The third-order valence-corrected chi connectivity index (χ3v) is 6.60. The summed E-state index contributed by atoms with van der Waals surface area (Å²) in [5.74, 6) is 1.22. The van der Waals surface area contributed by atoms with Crippen LogP contribution in [0.15, 0.2) is 24.5 Å². The fraction of sp³-hybridized carbons (Fsp3) is 0.389. The highest BCUT2D eigenvalue weighted by Crippen LogP contribution is 2.34. The van der Waals surface area contributed by atoms with Crippen LogP contribution < -0.4 is 16.2 Å². The lowest BCUT2D eigenvalue weighted by molar-refractivity contribution is 0.320. The van der Waals surface area contributed by atoms with Gasteiger partial charge in [0.2, 0.25) is 16.0 Å². The van der Waals surface area contributed by atoms with Crippen LogP contribution in [0.5, 0.6) is 5.75 Å². The van der Waals surface area contributed by atoms with E-state index < -0.39 is 10.0 Å². The molecule has 0 bridgehead atoms. The molecule has 0 saturated carbocycles. The fourth-order valence-electron chi connectivity index (χ4n) is 3.78. The Morgan fingerprint density at radius 3 is 2.55 bits per heavy atom. The van der Waals surface area contributed by atoms with E-state index in [1.165, 1.54) is 10.6 Å². The molecule has 3 aromatic rings. The number of ether oxygens (including phenoxy) is 1. The minimum absolute atomic E-state index is 0.0740. The topological polar surface area (TPSA) is 142 Å². The molecule has 1 aliphatic heterocycles. The Labute approximate surface area is 168 Å². The zero-order chi connectivity index (χ0) is 20.8. The van der Waals surface area contributed by atoms with E-state index >= 15 is 0 Å². The molecule has 2 aromatic heterocycles. The highest BCUT2D eigenvalue weighted by Gasteiger charge is 2.26. The minimum Gasteiger partial charge on any atom is -0.495 e. The van der Waals surface area contributed by atoms with E-state index in [2.05, 4.69) is 15.0 Å². The molecule has 0 unspecified atom stereocenters. The zero-order valence-corrected chi connectivity index (χ0v) is 17.1. The van der Waals surface area contributed by atoms with Crippen molar-refractivity contribution in [2.75, 3.05) is 37.9 Å². The molecule has 4 rings (SSSR count). The highest BCUT2D eigenvalue weighted by atomic mass is 32.2. The predicted octanol–water partition coefficient (Wildman–Crippen LogP) is 1.13. The van der Waals surface area contributed by atoms with E-state index in [4.69, 9.17) is 16.2 Å². The van der Waals surface area contributed by atoms with Gasteiger partial charge in [0.1, 0.15) is 12.1 Å². The van der Waals surface area contributed by atoms with Crippen molar-refractivity contribution in [3.63, 3.8) is 0 Å². The molecular weight excluding hydrogens is 394 g/mol. The first kappa shape index (κ1) is 19.4.